The standard InChI is InChI=1S/C26H28N2/c1-7-18(4)24-16-28(25-19(5)9-8-10-23(24)25)26-22-12-11-20(17(2)3)15-21(22)13-14-27(26)6/h7-15,17H,1-6H3/i4D3,17D. The highest BCUT2D eigenvalue weighted by Gasteiger charge is 2.19. The third-order valence-electron chi connectivity index (χ3n) is 5.41. The molecule has 0 aliphatic carbocycles. The van der Waals surface area contributed by atoms with Crippen molar-refractivity contribution in [2.45, 2.75) is 40.4 Å². The van der Waals surface area contributed by atoms with Crippen molar-refractivity contribution in [3.05, 3.63) is 88.7 Å². The Morgan fingerprint density at radius 2 is 2.07 bits per heavy atom. The van der Waals surface area contributed by atoms with Crippen LogP contribution in [0.15, 0.2) is 60.3 Å². The first-order valence-corrected chi connectivity index (χ1v) is 9.57. The van der Waals surface area contributed by atoms with Crippen molar-refractivity contribution < 1.29 is 5.48 Å². The number of para-hydroxylation sites is 1. The summed E-state index contributed by atoms with van der Waals surface area (Å²) in [5, 5.41) is 2.05. The minimum atomic E-state index is -2.23. The van der Waals surface area contributed by atoms with Crippen LogP contribution in [0.25, 0.3) is 16.3 Å². The van der Waals surface area contributed by atoms with Crippen LogP contribution in [0.3, 0.4) is 0 Å². The highest BCUT2D eigenvalue weighted by atomic mass is 15.1. The van der Waals surface area contributed by atoms with Gasteiger partial charge < -0.3 is 0 Å². The van der Waals surface area contributed by atoms with Crippen LogP contribution >= 0.6 is 0 Å². The van der Waals surface area contributed by atoms with Crippen molar-refractivity contribution >= 4 is 22.0 Å². The fourth-order valence-electron chi connectivity index (χ4n) is 3.84. The summed E-state index contributed by atoms with van der Waals surface area (Å²) in [7, 11) is 1.98. The summed E-state index contributed by atoms with van der Waals surface area (Å²) in [4.78, 5) is 0. The van der Waals surface area contributed by atoms with E-state index in [9.17, 15) is 0 Å². The second-order valence-electron chi connectivity index (χ2n) is 7.55. The lowest BCUT2D eigenvalue weighted by molar-refractivity contribution is 0.771. The van der Waals surface area contributed by atoms with Gasteiger partial charge in [-0.25, -0.2) is 0 Å². The zero-order chi connectivity index (χ0) is 23.4. The summed E-state index contributed by atoms with van der Waals surface area (Å²) in [6, 6.07) is 14.1. The highest BCUT2D eigenvalue weighted by Crippen LogP contribution is 2.37. The third kappa shape index (κ3) is 2.84. The monoisotopic (exact) mass is 372 g/mol. The number of aryl methyl sites for hydroxylation is 2. The van der Waals surface area contributed by atoms with Crippen LogP contribution in [-0.4, -0.2) is 4.57 Å². The predicted octanol–water partition coefficient (Wildman–Crippen LogP) is 5.84. The van der Waals surface area contributed by atoms with Crippen molar-refractivity contribution in [3.63, 3.8) is 0 Å². The highest BCUT2D eigenvalue weighted by molar-refractivity contribution is 5.89. The average Bonchev–Trinajstić information content (AvgIpc) is 3.06. The molecule has 0 saturated heterocycles. The molecule has 28 heavy (non-hydrogen) atoms. The van der Waals surface area contributed by atoms with Crippen LogP contribution in [0.4, 0.5) is 5.69 Å². The molecule has 4 rings (SSSR count). The molecule has 1 aromatic heterocycles. The maximum absolute atomic E-state index is 8.40. The van der Waals surface area contributed by atoms with E-state index in [0.29, 0.717) is 11.1 Å². The van der Waals surface area contributed by atoms with Gasteiger partial charge in [0, 0.05) is 16.6 Å². The van der Waals surface area contributed by atoms with Crippen molar-refractivity contribution in [2.24, 2.45) is 7.05 Å². The maximum Gasteiger partial charge on any atom is 0.230 e. The molecule has 0 amide bonds. The van der Waals surface area contributed by atoms with Gasteiger partial charge >= 0.3 is 0 Å². The largest absolute Gasteiger partial charge is 0.297 e. The van der Waals surface area contributed by atoms with Gasteiger partial charge in [0.2, 0.25) is 5.49 Å². The molecule has 2 nitrogen and oxygen atoms in total. The van der Waals surface area contributed by atoms with E-state index in [-0.39, 0.29) is 0 Å². The van der Waals surface area contributed by atoms with Gasteiger partial charge in [0.05, 0.1) is 19.4 Å². The number of benzene rings is 2. The third-order valence-corrected chi connectivity index (χ3v) is 5.41. The van der Waals surface area contributed by atoms with Gasteiger partial charge in [-0.15, -0.1) is 11.6 Å². The molecule has 2 heterocycles. The molecule has 2 aromatic carbocycles. The second kappa shape index (κ2) is 6.94. The first kappa shape index (κ1) is 14.2. The fraction of sp³-hybridized carbons (Fsp3) is 0.269. The van der Waals surface area contributed by atoms with Crippen molar-refractivity contribution in [1.82, 2.24) is 9.14 Å². The summed E-state index contributed by atoms with van der Waals surface area (Å²) in [5.74, 6) is -0.692. The molecule has 0 N–H and O–H groups in total. The lowest BCUT2D eigenvalue weighted by Gasteiger charge is -2.14. The van der Waals surface area contributed by atoms with E-state index in [2.05, 4.69) is 12.3 Å². The minimum absolute atomic E-state index is 0.299. The Labute approximate surface area is 173 Å². The quantitative estimate of drug-likeness (QED) is 0.394. The predicted molar refractivity (Wildman–Crippen MR) is 119 cm³/mol. The van der Waals surface area contributed by atoms with E-state index in [4.69, 9.17) is 5.48 Å². The van der Waals surface area contributed by atoms with E-state index in [1.165, 1.54) is 0 Å². The van der Waals surface area contributed by atoms with E-state index < -0.39 is 12.7 Å². The van der Waals surface area contributed by atoms with Crippen molar-refractivity contribution in [2.75, 3.05) is 0 Å². The smallest absolute Gasteiger partial charge is 0.230 e. The number of hydrogen-bond acceptors (Lipinski definition) is 0. The number of aromatic nitrogens is 1. The topological polar surface area (TPSA) is 7.94 Å². The lowest BCUT2D eigenvalue weighted by Crippen LogP contribution is -2.30. The Morgan fingerprint density at radius 3 is 2.79 bits per heavy atom. The van der Waals surface area contributed by atoms with Crippen molar-refractivity contribution in [3.8, 4) is 0 Å². The Kier molecular flexibility index (Phi) is 3.51. The van der Waals surface area contributed by atoms with Gasteiger partial charge in [-0.3, -0.25) is 9.14 Å². The molecule has 0 fully saturated rings. The summed E-state index contributed by atoms with van der Waals surface area (Å²) in [5.41, 5.74) is 5.62. The Hall–Kier alpha value is -2.87. The van der Waals surface area contributed by atoms with Gasteiger partial charge in [0.1, 0.15) is 0 Å². The zero-order valence-electron chi connectivity index (χ0n) is 21.1. The summed E-state index contributed by atoms with van der Waals surface area (Å²) < 4.78 is 36.5. The van der Waals surface area contributed by atoms with E-state index in [0.717, 1.165) is 38.6 Å². The Morgan fingerprint density at radius 1 is 1.25 bits per heavy atom. The minimum Gasteiger partial charge on any atom is -0.297 e. The molecule has 0 saturated carbocycles. The van der Waals surface area contributed by atoms with Crippen LogP contribution in [0.5, 0.6) is 0 Å². The van der Waals surface area contributed by atoms with E-state index >= 15 is 0 Å². The number of rotatable bonds is 2. The molecule has 0 bridgehead atoms. The number of pyridine rings is 1. The molecule has 1 aliphatic heterocycles. The van der Waals surface area contributed by atoms with Crippen LogP contribution in [0, 0.1) is 13.1 Å². The average molecular weight is 373 g/mol. The normalized spacial score (nSPS) is 18.9. The molecule has 0 radical (unpaired) electrons. The number of fused-ring (bicyclic) bond motifs is 2. The number of nitrogens with zero attached hydrogens (tertiary/aromatic N) is 2. The first-order chi connectivity index (χ1) is 14.9. The van der Waals surface area contributed by atoms with Gasteiger partial charge in [-0.05, 0) is 35.4 Å². The van der Waals surface area contributed by atoms with Crippen LogP contribution < -0.4 is 10.1 Å². The van der Waals surface area contributed by atoms with Crippen molar-refractivity contribution in [1.29, 1.82) is 0 Å². The Balaban J connectivity index is 2.15. The first-order valence-electron chi connectivity index (χ1n) is 11.6. The van der Waals surface area contributed by atoms with Crippen LogP contribution in [-0.2, 0) is 7.05 Å². The number of allylic oxidation sites excluding steroid dienone is 3. The molecular formula is C26H28N2. The Bertz CT molecular complexity index is 1360. The SMILES string of the molecule is [2H]C([2H])([2H])C(=CC)C1=[C-][N+](=c2c3ccc(C([2H])(C)C)cc3ccn2C)c2c(C)cccc21. The van der Waals surface area contributed by atoms with Crippen LogP contribution in [0.2, 0.25) is 0 Å². The van der Waals surface area contributed by atoms with Gasteiger partial charge in [0.25, 0.3) is 0 Å². The molecule has 0 atom stereocenters. The number of hydrogen-bond donors (Lipinski definition) is 0. The maximum atomic E-state index is 8.40. The molecule has 0 unspecified atom stereocenters. The summed E-state index contributed by atoms with van der Waals surface area (Å²) >= 11 is 0. The zero-order valence-corrected chi connectivity index (χ0v) is 17.1. The van der Waals surface area contributed by atoms with E-state index in [1.807, 2.05) is 79.6 Å². The van der Waals surface area contributed by atoms with Gasteiger partial charge in [0.15, 0.2) is 0 Å². The van der Waals surface area contributed by atoms with E-state index in [1.54, 1.807) is 13.0 Å². The summed E-state index contributed by atoms with van der Waals surface area (Å²) in [6.07, 6.45) is 7.07. The van der Waals surface area contributed by atoms with Gasteiger partial charge in [-0.2, -0.15) is 0 Å². The lowest BCUT2D eigenvalue weighted by atomic mass is 9.99. The molecule has 1 aliphatic rings. The summed E-state index contributed by atoms with van der Waals surface area (Å²) in [6.45, 7) is 5.33. The fourth-order valence-corrected chi connectivity index (χ4v) is 3.84. The molecule has 142 valence electrons. The molecular weight excluding hydrogens is 340 g/mol. The molecule has 2 heteroatoms. The molecule has 3 aromatic rings. The van der Waals surface area contributed by atoms with Crippen LogP contribution in [0.1, 0.15) is 55.7 Å². The second-order valence-corrected chi connectivity index (χ2v) is 7.55. The molecule has 0 spiro atoms. The van der Waals surface area contributed by atoms with Gasteiger partial charge in [-0.1, -0.05) is 75.2 Å².